The molecule has 1 saturated carbocycles. The molecule has 1 N–H and O–H groups in total. The molecule has 0 aliphatic heterocycles. The lowest BCUT2D eigenvalue weighted by Gasteiger charge is -2.40. The van der Waals surface area contributed by atoms with E-state index in [1.165, 1.54) is 7.11 Å². The SMILES string of the molecule is COC(=O)C1(NC(C)C)CCCC(n2ccnc2)C1. The van der Waals surface area contributed by atoms with E-state index in [2.05, 4.69) is 28.7 Å². The summed E-state index contributed by atoms with van der Waals surface area (Å²) in [5.74, 6) is -0.147. The van der Waals surface area contributed by atoms with Crippen LogP contribution in [0.4, 0.5) is 0 Å². The number of hydrogen-bond acceptors (Lipinski definition) is 4. The molecule has 1 heterocycles. The molecule has 2 rings (SSSR count). The molecule has 0 amide bonds. The minimum absolute atomic E-state index is 0.147. The minimum atomic E-state index is -0.559. The zero-order chi connectivity index (χ0) is 13.9. The summed E-state index contributed by atoms with van der Waals surface area (Å²) in [6.07, 6.45) is 9.26. The molecule has 0 bridgehead atoms. The Bertz CT molecular complexity index is 416. The van der Waals surface area contributed by atoms with Gasteiger partial charge in [0.25, 0.3) is 0 Å². The highest BCUT2D eigenvalue weighted by atomic mass is 16.5. The van der Waals surface area contributed by atoms with Crippen molar-refractivity contribution in [2.75, 3.05) is 7.11 Å². The highest BCUT2D eigenvalue weighted by Crippen LogP contribution is 2.36. The number of aromatic nitrogens is 2. The number of carbonyl (C=O) groups is 1. The smallest absolute Gasteiger partial charge is 0.326 e. The summed E-state index contributed by atoms with van der Waals surface area (Å²) >= 11 is 0. The van der Waals surface area contributed by atoms with Gasteiger partial charge in [-0.1, -0.05) is 0 Å². The van der Waals surface area contributed by atoms with Crippen LogP contribution < -0.4 is 5.32 Å². The number of esters is 1. The number of carbonyl (C=O) groups excluding carboxylic acids is 1. The van der Waals surface area contributed by atoms with E-state index in [-0.39, 0.29) is 12.0 Å². The van der Waals surface area contributed by atoms with Crippen LogP contribution in [0.5, 0.6) is 0 Å². The Morgan fingerprint density at radius 1 is 1.58 bits per heavy atom. The van der Waals surface area contributed by atoms with Crippen molar-refractivity contribution >= 4 is 5.97 Å². The second-order valence-electron chi connectivity index (χ2n) is 5.63. The van der Waals surface area contributed by atoms with Crippen molar-refractivity contribution in [2.24, 2.45) is 0 Å². The molecule has 0 radical (unpaired) electrons. The average Bonchev–Trinajstić information content (AvgIpc) is 2.91. The van der Waals surface area contributed by atoms with E-state index < -0.39 is 5.54 Å². The fourth-order valence-corrected chi connectivity index (χ4v) is 3.11. The molecule has 0 saturated heterocycles. The third kappa shape index (κ3) is 2.97. The quantitative estimate of drug-likeness (QED) is 0.845. The maximum absolute atomic E-state index is 12.2. The Morgan fingerprint density at radius 3 is 2.95 bits per heavy atom. The molecule has 1 aliphatic rings. The van der Waals surface area contributed by atoms with Gasteiger partial charge in [0, 0.05) is 24.5 Å². The van der Waals surface area contributed by atoms with Gasteiger partial charge in [0.2, 0.25) is 0 Å². The first-order valence-corrected chi connectivity index (χ1v) is 6.91. The summed E-state index contributed by atoms with van der Waals surface area (Å²) in [6.45, 7) is 4.12. The monoisotopic (exact) mass is 265 g/mol. The molecule has 106 valence electrons. The molecule has 0 aromatic carbocycles. The van der Waals surface area contributed by atoms with Crippen LogP contribution in [-0.2, 0) is 9.53 Å². The fourth-order valence-electron chi connectivity index (χ4n) is 3.11. The van der Waals surface area contributed by atoms with Crippen molar-refractivity contribution in [2.45, 2.75) is 57.2 Å². The van der Waals surface area contributed by atoms with Crippen LogP contribution in [0.2, 0.25) is 0 Å². The summed E-state index contributed by atoms with van der Waals surface area (Å²) in [5, 5.41) is 3.43. The van der Waals surface area contributed by atoms with Crippen LogP contribution in [-0.4, -0.2) is 34.2 Å². The molecule has 1 fully saturated rings. The first-order valence-electron chi connectivity index (χ1n) is 6.91. The van der Waals surface area contributed by atoms with Gasteiger partial charge in [0.1, 0.15) is 5.54 Å². The first kappa shape index (κ1) is 14.1. The Morgan fingerprint density at radius 2 is 2.37 bits per heavy atom. The average molecular weight is 265 g/mol. The molecule has 19 heavy (non-hydrogen) atoms. The summed E-state index contributed by atoms with van der Waals surface area (Å²) < 4.78 is 7.13. The van der Waals surface area contributed by atoms with Crippen LogP contribution in [0, 0.1) is 0 Å². The van der Waals surface area contributed by atoms with Gasteiger partial charge >= 0.3 is 5.97 Å². The number of ether oxygens (including phenoxy) is 1. The predicted octanol–water partition coefficient (Wildman–Crippen LogP) is 1.91. The lowest BCUT2D eigenvalue weighted by Crippen LogP contribution is -2.57. The van der Waals surface area contributed by atoms with Gasteiger partial charge < -0.3 is 9.30 Å². The van der Waals surface area contributed by atoms with E-state index in [0.29, 0.717) is 6.04 Å². The highest BCUT2D eigenvalue weighted by Gasteiger charge is 2.44. The Hall–Kier alpha value is -1.36. The van der Waals surface area contributed by atoms with Crippen molar-refractivity contribution < 1.29 is 9.53 Å². The van der Waals surface area contributed by atoms with E-state index in [9.17, 15) is 4.79 Å². The zero-order valence-corrected chi connectivity index (χ0v) is 11.9. The van der Waals surface area contributed by atoms with E-state index in [1.807, 2.05) is 12.5 Å². The van der Waals surface area contributed by atoms with Crippen LogP contribution in [0.1, 0.15) is 45.6 Å². The molecular weight excluding hydrogens is 242 g/mol. The second-order valence-corrected chi connectivity index (χ2v) is 5.63. The van der Waals surface area contributed by atoms with E-state index in [4.69, 9.17) is 4.74 Å². The van der Waals surface area contributed by atoms with Crippen molar-refractivity contribution in [3.05, 3.63) is 18.7 Å². The topological polar surface area (TPSA) is 56.1 Å². The predicted molar refractivity (Wildman–Crippen MR) is 72.8 cm³/mol. The molecule has 2 unspecified atom stereocenters. The molecular formula is C14H23N3O2. The molecule has 1 aromatic rings. The van der Waals surface area contributed by atoms with Crippen LogP contribution in [0.25, 0.3) is 0 Å². The zero-order valence-electron chi connectivity index (χ0n) is 11.9. The lowest BCUT2D eigenvalue weighted by molar-refractivity contribution is -0.151. The molecule has 1 aromatic heterocycles. The molecule has 0 spiro atoms. The maximum Gasteiger partial charge on any atom is 0.326 e. The lowest BCUT2D eigenvalue weighted by atomic mass is 9.78. The summed E-state index contributed by atoms with van der Waals surface area (Å²) in [4.78, 5) is 16.3. The van der Waals surface area contributed by atoms with E-state index >= 15 is 0 Å². The Balaban J connectivity index is 2.20. The van der Waals surface area contributed by atoms with Gasteiger partial charge in [0.05, 0.1) is 13.4 Å². The summed E-state index contributed by atoms with van der Waals surface area (Å²) in [7, 11) is 1.47. The summed E-state index contributed by atoms with van der Waals surface area (Å²) in [5.41, 5.74) is -0.559. The number of rotatable bonds is 4. The van der Waals surface area contributed by atoms with Crippen molar-refractivity contribution in [3.8, 4) is 0 Å². The second kappa shape index (κ2) is 5.74. The van der Waals surface area contributed by atoms with Gasteiger partial charge in [-0.25, -0.2) is 4.98 Å². The first-order chi connectivity index (χ1) is 9.07. The standard InChI is InChI=1S/C14H23N3O2/c1-11(2)16-14(13(18)19-3)6-4-5-12(9-14)17-8-7-15-10-17/h7-8,10-12,16H,4-6,9H2,1-3H3. The van der Waals surface area contributed by atoms with E-state index in [1.54, 1.807) is 6.20 Å². The minimum Gasteiger partial charge on any atom is -0.468 e. The van der Waals surface area contributed by atoms with Crippen LogP contribution >= 0.6 is 0 Å². The van der Waals surface area contributed by atoms with Gasteiger partial charge in [0.15, 0.2) is 0 Å². The molecule has 1 aliphatic carbocycles. The summed E-state index contributed by atoms with van der Waals surface area (Å²) in [6, 6.07) is 0.558. The van der Waals surface area contributed by atoms with Crippen LogP contribution in [0.3, 0.4) is 0 Å². The number of nitrogens with zero attached hydrogens (tertiary/aromatic N) is 2. The molecule has 2 atom stereocenters. The van der Waals surface area contributed by atoms with Crippen molar-refractivity contribution in [1.29, 1.82) is 0 Å². The highest BCUT2D eigenvalue weighted by molar-refractivity contribution is 5.81. The molecule has 5 heteroatoms. The van der Waals surface area contributed by atoms with Gasteiger partial charge in [-0.2, -0.15) is 0 Å². The number of methoxy groups -OCH3 is 1. The Labute approximate surface area is 114 Å². The normalized spacial score (nSPS) is 27.5. The Kier molecular flexibility index (Phi) is 4.24. The van der Waals surface area contributed by atoms with Gasteiger partial charge in [-0.05, 0) is 39.5 Å². The maximum atomic E-state index is 12.2. The largest absolute Gasteiger partial charge is 0.468 e. The fraction of sp³-hybridized carbons (Fsp3) is 0.714. The van der Waals surface area contributed by atoms with Gasteiger partial charge in [-0.15, -0.1) is 0 Å². The number of imidazole rings is 1. The van der Waals surface area contributed by atoms with Crippen molar-refractivity contribution in [1.82, 2.24) is 14.9 Å². The van der Waals surface area contributed by atoms with E-state index in [0.717, 1.165) is 25.7 Å². The van der Waals surface area contributed by atoms with Crippen LogP contribution in [0.15, 0.2) is 18.7 Å². The number of nitrogens with one attached hydrogen (secondary N) is 1. The van der Waals surface area contributed by atoms with Gasteiger partial charge in [-0.3, -0.25) is 10.1 Å². The van der Waals surface area contributed by atoms with Crippen molar-refractivity contribution in [3.63, 3.8) is 0 Å². The third-order valence-electron chi connectivity index (χ3n) is 3.81. The molecule has 5 nitrogen and oxygen atoms in total. The number of hydrogen-bond donors (Lipinski definition) is 1. The third-order valence-corrected chi connectivity index (χ3v) is 3.81.